The molecule has 0 aliphatic carbocycles. The maximum atomic E-state index is 13.8. The molecule has 0 radical (unpaired) electrons. The number of anilines is 2. The van der Waals surface area contributed by atoms with E-state index in [1.165, 1.54) is 30.3 Å². The Morgan fingerprint density at radius 2 is 1.62 bits per heavy atom. The lowest BCUT2D eigenvalue weighted by Gasteiger charge is -2.19. The predicted molar refractivity (Wildman–Crippen MR) is 125 cm³/mol. The highest BCUT2D eigenvalue weighted by atomic mass is 32.2. The number of carbonyl (C=O) groups excluding carboxylic acids is 1. The standard InChI is InChI=1S/C24H26FN3O3S/c1-18-8-3-5-10-22(18)27-32(30,31)20-14-12-19(13-15-20)24(29)26-16-7-17-28(2)23-11-6-4-9-21(23)25/h3-6,8-15,27H,7,16-17H2,1-2H3,(H,26,29). The van der Waals surface area contributed by atoms with Gasteiger partial charge in [-0.15, -0.1) is 0 Å². The molecular formula is C24H26FN3O3S. The second-order valence-electron chi connectivity index (χ2n) is 7.43. The third-order valence-corrected chi connectivity index (χ3v) is 6.42. The van der Waals surface area contributed by atoms with Crippen LogP contribution in [0.3, 0.4) is 0 Å². The molecule has 0 aromatic heterocycles. The van der Waals surface area contributed by atoms with E-state index in [-0.39, 0.29) is 16.6 Å². The van der Waals surface area contributed by atoms with Gasteiger partial charge in [0, 0.05) is 25.7 Å². The van der Waals surface area contributed by atoms with Crippen LogP contribution in [0.5, 0.6) is 0 Å². The van der Waals surface area contributed by atoms with Crippen molar-refractivity contribution in [1.29, 1.82) is 0 Å². The SMILES string of the molecule is Cc1ccccc1NS(=O)(=O)c1ccc(C(=O)NCCCN(C)c2ccccc2F)cc1. The number of hydrogen-bond acceptors (Lipinski definition) is 4. The predicted octanol–water partition coefficient (Wildman–Crippen LogP) is 4.19. The Kier molecular flexibility index (Phi) is 7.48. The lowest BCUT2D eigenvalue weighted by atomic mass is 10.2. The van der Waals surface area contributed by atoms with Crippen molar-refractivity contribution in [3.63, 3.8) is 0 Å². The van der Waals surface area contributed by atoms with Crippen molar-refractivity contribution in [3.8, 4) is 0 Å². The van der Waals surface area contributed by atoms with E-state index >= 15 is 0 Å². The summed E-state index contributed by atoms with van der Waals surface area (Å²) < 4.78 is 41.6. The zero-order valence-electron chi connectivity index (χ0n) is 18.0. The van der Waals surface area contributed by atoms with Gasteiger partial charge in [-0.05, 0) is 61.4 Å². The quantitative estimate of drug-likeness (QED) is 0.474. The lowest BCUT2D eigenvalue weighted by molar-refractivity contribution is 0.0953. The molecule has 2 N–H and O–H groups in total. The molecule has 3 aromatic rings. The van der Waals surface area contributed by atoms with Crippen molar-refractivity contribution in [2.45, 2.75) is 18.2 Å². The van der Waals surface area contributed by atoms with Gasteiger partial charge in [-0.1, -0.05) is 30.3 Å². The number of halogens is 1. The molecule has 0 saturated carbocycles. The number of nitrogens with one attached hydrogen (secondary N) is 2. The average Bonchev–Trinajstić information content (AvgIpc) is 2.78. The molecule has 3 rings (SSSR count). The topological polar surface area (TPSA) is 78.5 Å². The van der Waals surface area contributed by atoms with Crippen LogP contribution >= 0.6 is 0 Å². The first-order chi connectivity index (χ1) is 15.3. The zero-order valence-corrected chi connectivity index (χ0v) is 18.8. The van der Waals surface area contributed by atoms with Gasteiger partial charge in [0.2, 0.25) is 0 Å². The largest absolute Gasteiger partial charge is 0.372 e. The Balaban J connectivity index is 1.52. The normalized spacial score (nSPS) is 11.1. The maximum absolute atomic E-state index is 13.8. The minimum absolute atomic E-state index is 0.0730. The Labute approximate surface area is 188 Å². The highest BCUT2D eigenvalue weighted by Gasteiger charge is 2.16. The summed E-state index contributed by atoms with van der Waals surface area (Å²) in [5.41, 5.74) is 2.19. The fraction of sp³-hybridized carbons (Fsp3) is 0.208. The summed E-state index contributed by atoms with van der Waals surface area (Å²) in [6.45, 7) is 2.80. The number of aryl methyl sites for hydroxylation is 1. The zero-order chi connectivity index (χ0) is 23.1. The smallest absolute Gasteiger partial charge is 0.261 e. The maximum Gasteiger partial charge on any atom is 0.261 e. The van der Waals surface area contributed by atoms with Crippen LogP contribution in [0.25, 0.3) is 0 Å². The van der Waals surface area contributed by atoms with E-state index in [0.717, 1.165) is 5.56 Å². The fourth-order valence-electron chi connectivity index (χ4n) is 3.18. The molecule has 1 amide bonds. The van der Waals surface area contributed by atoms with Crippen LogP contribution in [0.4, 0.5) is 15.8 Å². The number of para-hydroxylation sites is 2. The molecule has 0 atom stereocenters. The van der Waals surface area contributed by atoms with E-state index in [1.807, 2.05) is 19.1 Å². The summed E-state index contributed by atoms with van der Waals surface area (Å²) in [6, 6.07) is 19.4. The first kappa shape index (κ1) is 23.3. The summed E-state index contributed by atoms with van der Waals surface area (Å²) in [7, 11) is -1.96. The fourth-order valence-corrected chi connectivity index (χ4v) is 4.31. The van der Waals surface area contributed by atoms with Gasteiger partial charge in [0.05, 0.1) is 16.3 Å². The number of hydrogen-bond donors (Lipinski definition) is 2. The van der Waals surface area contributed by atoms with Crippen LogP contribution in [-0.4, -0.2) is 34.5 Å². The second kappa shape index (κ2) is 10.3. The molecule has 0 unspecified atom stereocenters. The van der Waals surface area contributed by atoms with E-state index < -0.39 is 10.0 Å². The van der Waals surface area contributed by atoms with Crippen LogP contribution in [0.2, 0.25) is 0 Å². The van der Waals surface area contributed by atoms with Gasteiger partial charge in [-0.25, -0.2) is 12.8 Å². The van der Waals surface area contributed by atoms with E-state index in [2.05, 4.69) is 10.0 Å². The number of rotatable bonds is 9. The number of amides is 1. The molecular weight excluding hydrogens is 429 g/mol. The van der Waals surface area contributed by atoms with Gasteiger partial charge < -0.3 is 10.2 Å². The molecule has 8 heteroatoms. The Morgan fingerprint density at radius 3 is 2.31 bits per heavy atom. The number of sulfonamides is 1. The molecule has 168 valence electrons. The molecule has 6 nitrogen and oxygen atoms in total. The van der Waals surface area contributed by atoms with Crippen molar-refractivity contribution in [3.05, 3.63) is 89.7 Å². The average molecular weight is 456 g/mol. The van der Waals surface area contributed by atoms with E-state index in [4.69, 9.17) is 0 Å². The number of nitrogens with zero attached hydrogens (tertiary/aromatic N) is 1. The minimum Gasteiger partial charge on any atom is -0.372 e. The molecule has 0 spiro atoms. The van der Waals surface area contributed by atoms with Crippen molar-refractivity contribution >= 4 is 27.3 Å². The van der Waals surface area contributed by atoms with Crippen molar-refractivity contribution < 1.29 is 17.6 Å². The van der Waals surface area contributed by atoms with Crippen molar-refractivity contribution in [1.82, 2.24) is 5.32 Å². The lowest BCUT2D eigenvalue weighted by Crippen LogP contribution is -2.28. The summed E-state index contributed by atoms with van der Waals surface area (Å²) in [5.74, 6) is -0.583. The van der Waals surface area contributed by atoms with Gasteiger partial charge in [-0.2, -0.15) is 0 Å². The molecule has 0 saturated heterocycles. The molecule has 3 aromatic carbocycles. The van der Waals surface area contributed by atoms with E-state index in [9.17, 15) is 17.6 Å². The highest BCUT2D eigenvalue weighted by Crippen LogP contribution is 2.20. The van der Waals surface area contributed by atoms with Crippen LogP contribution in [0.15, 0.2) is 77.7 Å². The van der Waals surface area contributed by atoms with Gasteiger partial charge in [0.15, 0.2) is 0 Å². The van der Waals surface area contributed by atoms with Gasteiger partial charge in [-0.3, -0.25) is 9.52 Å². The van der Waals surface area contributed by atoms with Gasteiger partial charge in [0.25, 0.3) is 15.9 Å². The van der Waals surface area contributed by atoms with Gasteiger partial charge >= 0.3 is 0 Å². The Hall–Kier alpha value is -3.39. The summed E-state index contributed by atoms with van der Waals surface area (Å²) >= 11 is 0. The van der Waals surface area contributed by atoms with Gasteiger partial charge in [0.1, 0.15) is 5.82 Å². The third kappa shape index (κ3) is 5.85. The molecule has 0 aliphatic heterocycles. The number of benzene rings is 3. The van der Waals surface area contributed by atoms with Crippen LogP contribution < -0.4 is 14.9 Å². The summed E-state index contributed by atoms with van der Waals surface area (Å²) in [4.78, 5) is 14.2. The van der Waals surface area contributed by atoms with Crippen LogP contribution in [-0.2, 0) is 10.0 Å². The Bertz CT molecular complexity index is 1180. The van der Waals surface area contributed by atoms with Crippen molar-refractivity contribution in [2.24, 2.45) is 0 Å². The second-order valence-corrected chi connectivity index (χ2v) is 9.11. The summed E-state index contributed by atoms with van der Waals surface area (Å²) in [6.07, 6.45) is 0.628. The van der Waals surface area contributed by atoms with E-state index in [1.54, 1.807) is 42.3 Å². The highest BCUT2D eigenvalue weighted by molar-refractivity contribution is 7.92. The molecule has 0 bridgehead atoms. The third-order valence-electron chi connectivity index (χ3n) is 5.04. The summed E-state index contributed by atoms with van der Waals surface area (Å²) in [5, 5.41) is 2.80. The van der Waals surface area contributed by atoms with E-state index in [0.29, 0.717) is 36.4 Å². The first-order valence-electron chi connectivity index (χ1n) is 10.2. The molecule has 0 fully saturated rings. The van der Waals surface area contributed by atoms with Crippen LogP contribution in [0.1, 0.15) is 22.3 Å². The Morgan fingerprint density at radius 1 is 0.969 bits per heavy atom. The molecule has 0 aliphatic rings. The van der Waals surface area contributed by atoms with Crippen LogP contribution in [0, 0.1) is 12.7 Å². The minimum atomic E-state index is -3.76. The monoisotopic (exact) mass is 455 g/mol. The molecule has 32 heavy (non-hydrogen) atoms. The number of carbonyl (C=O) groups is 1. The first-order valence-corrected chi connectivity index (χ1v) is 11.7. The van der Waals surface area contributed by atoms with Crippen molar-refractivity contribution in [2.75, 3.05) is 29.8 Å². The molecule has 0 heterocycles.